The summed E-state index contributed by atoms with van der Waals surface area (Å²) in [7, 11) is 0. The van der Waals surface area contributed by atoms with Gasteiger partial charge in [0.15, 0.2) is 0 Å². The molecule has 1 heterocycles. The van der Waals surface area contributed by atoms with E-state index in [1.807, 2.05) is 36.4 Å². The van der Waals surface area contributed by atoms with E-state index in [4.69, 9.17) is 4.42 Å². The molecule has 0 spiro atoms. The Morgan fingerprint density at radius 3 is 2.48 bits per heavy atom. The van der Waals surface area contributed by atoms with Gasteiger partial charge in [-0.2, -0.15) is 0 Å². The van der Waals surface area contributed by atoms with Crippen LogP contribution in [0.2, 0.25) is 0 Å². The maximum atomic E-state index is 13.5. The number of halogens is 1. The largest absolute Gasteiger partial charge is 0.467 e. The Kier molecular flexibility index (Phi) is 5.46. The molecule has 25 heavy (non-hydrogen) atoms. The van der Waals surface area contributed by atoms with Crippen molar-refractivity contribution in [2.45, 2.75) is 19.5 Å². The Bertz CT molecular complexity index is 814. The van der Waals surface area contributed by atoms with Gasteiger partial charge in [0, 0.05) is 17.8 Å². The maximum Gasteiger partial charge on any atom is 0.224 e. The first kappa shape index (κ1) is 16.8. The summed E-state index contributed by atoms with van der Waals surface area (Å²) in [5.41, 5.74) is 2.33. The third-order valence-corrected chi connectivity index (χ3v) is 3.80. The van der Waals surface area contributed by atoms with Gasteiger partial charge in [0.25, 0.3) is 0 Å². The van der Waals surface area contributed by atoms with Crippen LogP contribution >= 0.6 is 0 Å². The monoisotopic (exact) mass is 338 g/mol. The molecule has 3 rings (SSSR count). The molecule has 0 aliphatic heterocycles. The van der Waals surface area contributed by atoms with Crippen molar-refractivity contribution in [1.82, 2.24) is 5.32 Å². The smallest absolute Gasteiger partial charge is 0.224 e. The summed E-state index contributed by atoms with van der Waals surface area (Å²) >= 11 is 0. The summed E-state index contributed by atoms with van der Waals surface area (Å²) in [5.74, 6) is 0.408. The van der Waals surface area contributed by atoms with Crippen molar-refractivity contribution in [3.8, 4) is 0 Å². The standard InChI is InChI=1S/C20H19FN2O2/c21-19-6-2-1-4-16(19)13-23-20(24)12-15-7-9-17(10-8-15)22-14-18-5-3-11-25-18/h1-11,22H,12-14H2,(H,23,24). The highest BCUT2D eigenvalue weighted by atomic mass is 19.1. The lowest BCUT2D eigenvalue weighted by Crippen LogP contribution is -2.25. The van der Waals surface area contributed by atoms with Crippen LogP contribution in [0.5, 0.6) is 0 Å². The van der Waals surface area contributed by atoms with Crippen molar-refractivity contribution in [2.75, 3.05) is 5.32 Å². The lowest BCUT2D eigenvalue weighted by Gasteiger charge is -2.08. The second-order valence-corrected chi connectivity index (χ2v) is 5.67. The first-order chi connectivity index (χ1) is 12.2. The second-order valence-electron chi connectivity index (χ2n) is 5.67. The van der Waals surface area contributed by atoms with Crippen molar-refractivity contribution in [3.63, 3.8) is 0 Å². The molecule has 4 nitrogen and oxygen atoms in total. The van der Waals surface area contributed by atoms with E-state index in [1.165, 1.54) is 6.07 Å². The number of benzene rings is 2. The summed E-state index contributed by atoms with van der Waals surface area (Å²) < 4.78 is 18.8. The quantitative estimate of drug-likeness (QED) is 0.687. The summed E-state index contributed by atoms with van der Waals surface area (Å²) in [5, 5.41) is 5.98. The average molecular weight is 338 g/mol. The van der Waals surface area contributed by atoms with Crippen LogP contribution in [0.4, 0.5) is 10.1 Å². The van der Waals surface area contributed by atoms with Gasteiger partial charge in [-0.25, -0.2) is 4.39 Å². The maximum absolute atomic E-state index is 13.5. The number of carbonyl (C=O) groups is 1. The molecular weight excluding hydrogens is 319 g/mol. The predicted octanol–water partition coefficient (Wildman–Crippen LogP) is 3.89. The van der Waals surface area contributed by atoms with Crippen LogP contribution < -0.4 is 10.6 Å². The normalized spacial score (nSPS) is 10.4. The zero-order chi connectivity index (χ0) is 17.5. The van der Waals surface area contributed by atoms with E-state index < -0.39 is 0 Å². The number of amides is 1. The van der Waals surface area contributed by atoms with Gasteiger partial charge in [0.05, 0.1) is 19.2 Å². The summed E-state index contributed by atoms with van der Waals surface area (Å²) in [6.07, 6.45) is 1.90. The topological polar surface area (TPSA) is 54.3 Å². The summed E-state index contributed by atoms with van der Waals surface area (Å²) in [6, 6.07) is 17.8. The van der Waals surface area contributed by atoms with E-state index in [9.17, 15) is 9.18 Å². The fourth-order valence-electron chi connectivity index (χ4n) is 2.43. The predicted molar refractivity (Wildman–Crippen MR) is 94.4 cm³/mol. The molecule has 3 aromatic rings. The highest BCUT2D eigenvalue weighted by molar-refractivity contribution is 5.78. The van der Waals surface area contributed by atoms with Gasteiger partial charge in [-0.15, -0.1) is 0 Å². The number of rotatable bonds is 7. The minimum Gasteiger partial charge on any atom is -0.467 e. The Labute approximate surface area is 145 Å². The molecule has 1 aromatic heterocycles. The van der Waals surface area contributed by atoms with E-state index in [1.54, 1.807) is 24.5 Å². The SMILES string of the molecule is O=C(Cc1ccc(NCc2ccco2)cc1)NCc1ccccc1F. The number of hydrogen-bond donors (Lipinski definition) is 2. The zero-order valence-electron chi connectivity index (χ0n) is 13.7. The van der Waals surface area contributed by atoms with E-state index in [0.717, 1.165) is 17.0 Å². The molecule has 128 valence electrons. The van der Waals surface area contributed by atoms with Gasteiger partial charge in [0.2, 0.25) is 5.91 Å². The van der Waals surface area contributed by atoms with Crippen molar-refractivity contribution in [2.24, 2.45) is 0 Å². The van der Waals surface area contributed by atoms with Crippen molar-refractivity contribution < 1.29 is 13.6 Å². The van der Waals surface area contributed by atoms with E-state index in [0.29, 0.717) is 12.1 Å². The Morgan fingerprint density at radius 2 is 1.76 bits per heavy atom. The van der Waals surface area contributed by atoms with Crippen molar-refractivity contribution in [3.05, 3.63) is 89.6 Å². The van der Waals surface area contributed by atoms with Crippen LogP contribution in [0.3, 0.4) is 0 Å². The van der Waals surface area contributed by atoms with Crippen LogP contribution in [-0.2, 0) is 24.3 Å². The molecule has 0 radical (unpaired) electrons. The molecule has 0 aliphatic rings. The molecule has 1 amide bonds. The lowest BCUT2D eigenvalue weighted by atomic mass is 10.1. The van der Waals surface area contributed by atoms with Crippen molar-refractivity contribution >= 4 is 11.6 Å². The van der Waals surface area contributed by atoms with Gasteiger partial charge in [-0.3, -0.25) is 4.79 Å². The number of anilines is 1. The molecule has 0 unspecified atom stereocenters. The number of nitrogens with one attached hydrogen (secondary N) is 2. The van der Waals surface area contributed by atoms with Crippen LogP contribution in [0.15, 0.2) is 71.3 Å². The number of furan rings is 1. The Balaban J connectivity index is 1.47. The molecule has 2 aromatic carbocycles. The minimum absolute atomic E-state index is 0.139. The van der Waals surface area contributed by atoms with Gasteiger partial charge < -0.3 is 15.1 Å². The van der Waals surface area contributed by atoms with Gasteiger partial charge >= 0.3 is 0 Å². The van der Waals surface area contributed by atoms with Crippen LogP contribution in [0.25, 0.3) is 0 Å². The molecule has 5 heteroatoms. The van der Waals surface area contributed by atoms with Crippen molar-refractivity contribution in [1.29, 1.82) is 0 Å². The lowest BCUT2D eigenvalue weighted by molar-refractivity contribution is -0.120. The van der Waals surface area contributed by atoms with E-state index in [-0.39, 0.29) is 24.7 Å². The number of carbonyl (C=O) groups excluding carboxylic acids is 1. The van der Waals surface area contributed by atoms with Gasteiger partial charge in [-0.1, -0.05) is 30.3 Å². The molecule has 0 saturated carbocycles. The van der Waals surface area contributed by atoms with E-state index in [2.05, 4.69) is 10.6 Å². The Hall–Kier alpha value is -3.08. The molecule has 2 N–H and O–H groups in total. The highest BCUT2D eigenvalue weighted by Crippen LogP contribution is 2.12. The molecule has 0 saturated heterocycles. The first-order valence-electron chi connectivity index (χ1n) is 8.06. The van der Waals surface area contributed by atoms with Gasteiger partial charge in [-0.05, 0) is 35.9 Å². The zero-order valence-corrected chi connectivity index (χ0v) is 13.7. The average Bonchev–Trinajstić information content (AvgIpc) is 3.14. The van der Waals surface area contributed by atoms with Gasteiger partial charge in [0.1, 0.15) is 11.6 Å². The third-order valence-electron chi connectivity index (χ3n) is 3.80. The third kappa shape index (κ3) is 4.94. The highest BCUT2D eigenvalue weighted by Gasteiger charge is 2.06. The molecule has 0 atom stereocenters. The fourth-order valence-corrected chi connectivity index (χ4v) is 2.43. The Morgan fingerprint density at radius 1 is 0.960 bits per heavy atom. The van der Waals surface area contributed by atoms with E-state index >= 15 is 0 Å². The summed E-state index contributed by atoms with van der Waals surface area (Å²) in [6.45, 7) is 0.795. The molecule has 0 aliphatic carbocycles. The fraction of sp³-hybridized carbons (Fsp3) is 0.150. The van der Waals surface area contributed by atoms with Crippen LogP contribution in [0, 0.1) is 5.82 Å². The molecular formula is C20H19FN2O2. The summed E-state index contributed by atoms with van der Waals surface area (Å²) in [4.78, 5) is 12.0. The number of hydrogen-bond acceptors (Lipinski definition) is 3. The molecule has 0 bridgehead atoms. The first-order valence-corrected chi connectivity index (χ1v) is 8.06. The van der Waals surface area contributed by atoms with Crippen LogP contribution in [0.1, 0.15) is 16.9 Å². The molecule has 0 fully saturated rings. The minimum atomic E-state index is -0.310. The second kappa shape index (κ2) is 8.15. The van der Waals surface area contributed by atoms with Crippen LogP contribution in [-0.4, -0.2) is 5.91 Å².